The molecule has 0 radical (unpaired) electrons. The van der Waals surface area contributed by atoms with Gasteiger partial charge in [-0.2, -0.15) is 0 Å². The van der Waals surface area contributed by atoms with Gasteiger partial charge in [-0.15, -0.1) is 0 Å². The summed E-state index contributed by atoms with van der Waals surface area (Å²) < 4.78 is 0. The third-order valence-corrected chi connectivity index (χ3v) is 5.45. The summed E-state index contributed by atoms with van der Waals surface area (Å²) in [6.45, 7) is 12.3. The highest BCUT2D eigenvalue weighted by Gasteiger charge is 2.35. The van der Waals surface area contributed by atoms with E-state index in [4.69, 9.17) is 0 Å². The Hall–Kier alpha value is -0.0800. The maximum absolute atomic E-state index is 3.87. The zero-order chi connectivity index (χ0) is 13.0. The van der Waals surface area contributed by atoms with Crippen LogP contribution in [0, 0.1) is 11.8 Å². The smallest absolute Gasteiger partial charge is 0.0204 e. The van der Waals surface area contributed by atoms with Crippen molar-refractivity contribution in [2.24, 2.45) is 11.8 Å². The van der Waals surface area contributed by atoms with Crippen molar-refractivity contribution >= 4 is 0 Å². The fourth-order valence-corrected chi connectivity index (χ4v) is 3.88. The van der Waals surface area contributed by atoms with Crippen molar-refractivity contribution in [1.82, 2.24) is 10.2 Å². The van der Waals surface area contributed by atoms with Crippen LogP contribution in [0.25, 0.3) is 0 Å². The molecule has 0 bridgehead atoms. The lowest BCUT2D eigenvalue weighted by Crippen LogP contribution is -2.52. The quantitative estimate of drug-likeness (QED) is 0.808. The SMILES string of the molecule is CCN1CCC(CCC2(C(C)C)CCCCN2)C1. The minimum Gasteiger partial charge on any atom is -0.311 e. The normalized spacial score (nSPS) is 34.3. The Labute approximate surface area is 114 Å². The predicted octanol–water partition coefficient (Wildman–Crippen LogP) is 3.28. The van der Waals surface area contributed by atoms with Crippen LogP contribution in [0.15, 0.2) is 0 Å². The van der Waals surface area contributed by atoms with E-state index in [-0.39, 0.29) is 0 Å². The maximum atomic E-state index is 3.87. The van der Waals surface area contributed by atoms with E-state index in [1.54, 1.807) is 0 Å². The number of rotatable bonds is 5. The molecule has 2 rings (SSSR count). The van der Waals surface area contributed by atoms with Crippen LogP contribution < -0.4 is 5.32 Å². The fraction of sp³-hybridized carbons (Fsp3) is 1.00. The van der Waals surface area contributed by atoms with Gasteiger partial charge in [0.15, 0.2) is 0 Å². The number of piperidine rings is 1. The van der Waals surface area contributed by atoms with Crippen LogP contribution >= 0.6 is 0 Å². The molecule has 0 aliphatic carbocycles. The summed E-state index contributed by atoms with van der Waals surface area (Å²) in [6, 6.07) is 0. The molecule has 2 fully saturated rings. The molecule has 2 nitrogen and oxygen atoms in total. The van der Waals surface area contributed by atoms with Gasteiger partial charge in [-0.05, 0) is 63.6 Å². The van der Waals surface area contributed by atoms with Crippen molar-refractivity contribution in [3.8, 4) is 0 Å². The molecule has 2 heteroatoms. The second kappa shape index (κ2) is 6.38. The number of hydrogen-bond acceptors (Lipinski definition) is 2. The zero-order valence-electron chi connectivity index (χ0n) is 12.7. The van der Waals surface area contributed by atoms with E-state index < -0.39 is 0 Å². The van der Waals surface area contributed by atoms with Gasteiger partial charge in [0.25, 0.3) is 0 Å². The first-order valence-electron chi connectivity index (χ1n) is 8.13. The topological polar surface area (TPSA) is 15.3 Å². The van der Waals surface area contributed by atoms with E-state index >= 15 is 0 Å². The minimum absolute atomic E-state index is 0.456. The summed E-state index contributed by atoms with van der Waals surface area (Å²) >= 11 is 0. The van der Waals surface area contributed by atoms with E-state index in [9.17, 15) is 0 Å². The largest absolute Gasteiger partial charge is 0.311 e. The van der Waals surface area contributed by atoms with Gasteiger partial charge in [0.2, 0.25) is 0 Å². The highest BCUT2D eigenvalue weighted by Crippen LogP contribution is 2.34. The molecule has 2 atom stereocenters. The summed E-state index contributed by atoms with van der Waals surface area (Å²) in [6.07, 6.45) is 8.46. The Kier molecular flexibility index (Phi) is 5.08. The van der Waals surface area contributed by atoms with Gasteiger partial charge in [0, 0.05) is 12.1 Å². The Bertz CT molecular complexity index is 243. The van der Waals surface area contributed by atoms with E-state index in [0.29, 0.717) is 5.54 Å². The molecule has 2 aliphatic heterocycles. The van der Waals surface area contributed by atoms with Crippen molar-refractivity contribution < 1.29 is 0 Å². The molecule has 0 amide bonds. The summed E-state index contributed by atoms with van der Waals surface area (Å²) in [5.41, 5.74) is 0.456. The monoisotopic (exact) mass is 252 g/mol. The second-order valence-corrected chi connectivity index (χ2v) is 6.78. The van der Waals surface area contributed by atoms with E-state index in [1.807, 2.05) is 0 Å². The first kappa shape index (κ1) is 14.3. The molecular formula is C16H32N2. The molecule has 106 valence electrons. The summed E-state index contributed by atoms with van der Waals surface area (Å²) in [7, 11) is 0. The molecule has 1 N–H and O–H groups in total. The lowest BCUT2D eigenvalue weighted by atomic mass is 9.75. The molecule has 0 saturated carbocycles. The molecule has 2 aliphatic rings. The molecule has 2 unspecified atom stereocenters. The Balaban J connectivity index is 1.83. The van der Waals surface area contributed by atoms with Gasteiger partial charge in [-0.1, -0.05) is 27.2 Å². The van der Waals surface area contributed by atoms with Crippen LogP contribution in [0.4, 0.5) is 0 Å². The molecule has 2 heterocycles. The summed E-state index contributed by atoms with van der Waals surface area (Å²) in [4.78, 5) is 2.61. The van der Waals surface area contributed by atoms with E-state index in [0.717, 1.165) is 11.8 Å². The van der Waals surface area contributed by atoms with Crippen LogP contribution in [-0.4, -0.2) is 36.6 Å². The highest BCUT2D eigenvalue weighted by molar-refractivity contribution is 4.94. The lowest BCUT2D eigenvalue weighted by Gasteiger charge is -2.43. The molecule has 0 aromatic rings. The maximum Gasteiger partial charge on any atom is 0.0204 e. The van der Waals surface area contributed by atoms with Crippen molar-refractivity contribution in [2.45, 2.75) is 64.8 Å². The highest BCUT2D eigenvalue weighted by atomic mass is 15.1. The molecule has 18 heavy (non-hydrogen) atoms. The number of likely N-dealkylation sites (tertiary alicyclic amines) is 1. The number of nitrogens with one attached hydrogen (secondary N) is 1. The van der Waals surface area contributed by atoms with Crippen LogP contribution in [0.2, 0.25) is 0 Å². The molecule has 0 spiro atoms. The van der Waals surface area contributed by atoms with Crippen molar-refractivity contribution in [1.29, 1.82) is 0 Å². The zero-order valence-corrected chi connectivity index (χ0v) is 12.7. The first-order valence-corrected chi connectivity index (χ1v) is 8.13. The third-order valence-electron chi connectivity index (χ3n) is 5.45. The summed E-state index contributed by atoms with van der Waals surface area (Å²) in [5.74, 6) is 1.74. The van der Waals surface area contributed by atoms with Gasteiger partial charge in [-0.25, -0.2) is 0 Å². The number of nitrogens with zero attached hydrogens (tertiary/aromatic N) is 1. The Morgan fingerprint density at radius 1 is 1.33 bits per heavy atom. The molecule has 0 aromatic heterocycles. The minimum atomic E-state index is 0.456. The average Bonchev–Trinajstić information content (AvgIpc) is 2.85. The predicted molar refractivity (Wildman–Crippen MR) is 78.9 cm³/mol. The van der Waals surface area contributed by atoms with Gasteiger partial charge < -0.3 is 10.2 Å². The third kappa shape index (κ3) is 3.27. The molecular weight excluding hydrogens is 220 g/mol. The number of hydrogen-bond donors (Lipinski definition) is 1. The van der Waals surface area contributed by atoms with Gasteiger partial charge in [0.1, 0.15) is 0 Å². The standard InChI is InChI=1S/C16H32N2/c1-4-18-12-8-15(13-18)7-10-16(14(2)3)9-5-6-11-17-16/h14-15,17H,4-13H2,1-3H3. The van der Waals surface area contributed by atoms with E-state index in [1.165, 1.54) is 64.7 Å². The van der Waals surface area contributed by atoms with Crippen LogP contribution in [0.3, 0.4) is 0 Å². The van der Waals surface area contributed by atoms with Crippen molar-refractivity contribution in [3.63, 3.8) is 0 Å². The lowest BCUT2D eigenvalue weighted by molar-refractivity contribution is 0.157. The van der Waals surface area contributed by atoms with Crippen molar-refractivity contribution in [2.75, 3.05) is 26.2 Å². The average molecular weight is 252 g/mol. The molecule has 2 saturated heterocycles. The van der Waals surface area contributed by atoms with Gasteiger partial charge >= 0.3 is 0 Å². The van der Waals surface area contributed by atoms with Gasteiger partial charge in [0.05, 0.1) is 0 Å². The van der Waals surface area contributed by atoms with Crippen LogP contribution in [-0.2, 0) is 0 Å². The second-order valence-electron chi connectivity index (χ2n) is 6.78. The van der Waals surface area contributed by atoms with Crippen LogP contribution in [0.5, 0.6) is 0 Å². The summed E-state index contributed by atoms with van der Waals surface area (Å²) in [5, 5.41) is 3.87. The van der Waals surface area contributed by atoms with Crippen molar-refractivity contribution in [3.05, 3.63) is 0 Å². The van der Waals surface area contributed by atoms with Gasteiger partial charge in [-0.3, -0.25) is 0 Å². The first-order chi connectivity index (χ1) is 8.66. The Morgan fingerprint density at radius 2 is 2.17 bits per heavy atom. The fourth-order valence-electron chi connectivity index (χ4n) is 3.88. The van der Waals surface area contributed by atoms with Crippen LogP contribution in [0.1, 0.15) is 59.3 Å². The Morgan fingerprint density at radius 3 is 2.72 bits per heavy atom. The molecule has 0 aromatic carbocycles. The van der Waals surface area contributed by atoms with E-state index in [2.05, 4.69) is 31.0 Å².